The minimum Gasteiger partial charge on any atom is -0.469 e. The Morgan fingerprint density at radius 2 is 1.50 bits per heavy atom. The van der Waals surface area contributed by atoms with Crippen molar-refractivity contribution in [3.63, 3.8) is 0 Å². The molecular formula is C7H12O4S. The zero-order chi connectivity index (χ0) is 9.56. The maximum atomic E-state index is 10.7. The Morgan fingerprint density at radius 3 is 1.75 bits per heavy atom. The average Bonchev–Trinajstić information content (AvgIpc) is 2.03. The van der Waals surface area contributed by atoms with Gasteiger partial charge in [-0.2, -0.15) is 12.6 Å². The van der Waals surface area contributed by atoms with Crippen molar-refractivity contribution in [3.8, 4) is 0 Å². The van der Waals surface area contributed by atoms with Gasteiger partial charge in [0.1, 0.15) is 0 Å². The number of methoxy groups -OCH3 is 2. The fourth-order valence-electron chi connectivity index (χ4n) is 0.624. The zero-order valence-electron chi connectivity index (χ0n) is 7.07. The van der Waals surface area contributed by atoms with Gasteiger partial charge in [-0.25, -0.2) is 0 Å². The van der Waals surface area contributed by atoms with Crippen molar-refractivity contribution in [1.82, 2.24) is 0 Å². The second-order valence-electron chi connectivity index (χ2n) is 2.21. The number of carbonyl (C=O) groups excluding carboxylic acids is 2. The Balaban J connectivity index is 3.66. The molecule has 0 fully saturated rings. The Morgan fingerprint density at radius 1 is 1.17 bits per heavy atom. The number of hydrogen-bond donors (Lipinski definition) is 1. The molecule has 0 aliphatic rings. The molecule has 0 aromatic heterocycles. The first-order valence-electron chi connectivity index (χ1n) is 3.41. The molecule has 0 spiro atoms. The van der Waals surface area contributed by atoms with E-state index in [1.807, 2.05) is 0 Å². The van der Waals surface area contributed by atoms with E-state index < -0.39 is 0 Å². The van der Waals surface area contributed by atoms with Gasteiger partial charge in [-0.05, 0) is 0 Å². The first-order chi connectivity index (χ1) is 5.60. The molecule has 0 aromatic carbocycles. The van der Waals surface area contributed by atoms with E-state index in [2.05, 4.69) is 22.1 Å². The van der Waals surface area contributed by atoms with E-state index in [-0.39, 0.29) is 30.0 Å². The van der Waals surface area contributed by atoms with Gasteiger partial charge in [0.05, 0.1) is 27.1 Å². The summed E-state index contributed by atoms with van der Waals surface area (Å²) in [4.78, 5) is 21.3. The van der Waals surface area contributed by atoms with E-state index >= 15 is 0 Å². The summed E-state index contributed by atoms with van der Waals surface area (Å²) in [7, 11) is 2.59. The quantitative estimate of drug-likeness (QED) is 0.518. The largest absolute Gasteiger partial charge is 0.469 e. The summed E-state index contributed by atoms with van der Waals surface area (Å²) in [5.41, 5.74) is 0. The van der Waals surface area contributed by atoms with E-state index in [1.165, 1.54) is 14.2 Å². The molecule has 0 bridgehead atoms. The number of hydrogen-bond acceptors (Lipinski definition) is 5. The Bertz CT molecular complexity index is 151. The molecular weight excluding hydrogens is 180 g/mol. The lowest BCUT2D eigenvalue weighted by atomic mass is 10.2. The summed E-state index contributed by atoms with van der Waals surface area (Å²) in [6.45, 7) is 0. The van der Waals surface area contributed by atoms with E-state index in [9.17, 15) is 9.59 Å². The van der Waals surface area contributed by atoms with Crippen LogP contribution < -0.4 is 0 Å². The third-order valence-corrected chi connectivity index (χ3v) is 1.63. The van der Waals surface area contributed by atoms with E-state index in [0.717, 1.165) is 0 Å². The summed E-state index contributed by atoms with van der Waals surface area (Å²) in [5.74, 6) is -0.752. The molecule has 0 radical (unpaired) electrons. The van der Waals surface area contributed by atoms with Gasteiger partial charge in [-0.15, -0.1) is 0 Å². The predicted octanol–water partition coefficient (Wildman–Crippen LogP) is 0.411. The summed E-state index contributed by atoms with van der Waals surface area (Å²) in [6.07, 6.45) is 0.240. The fraction of sp³-hybridized carbons (Fsp3) is 0.714. The summed E-state index contributed by atoms with van der Waals surface area (Å²) in [6, 6.07) is 0. The van der Waals surface area contributed by atoms with Crippen LogP contribution in [-0.2, 0) is 19.1 Å². The molecule has 0 saturated heterocycles. The van der Waals surface area contributed by atoms with Crippen LogP contribution in [0.3, 0.4) is 0 Å². The van der Waals surface area contributed by atoms with E-state index in [1.54, 1.807) is 0 Å². The number of rotatable bonds is 4. The van der Waals surface area contributed by atoms with Crippen molar-refractivity contribution in [2.24, 2.45) is 0 Å². The van der Waals surface area contributed by atoms with E-state index in [0.29, 0.717) is 0 Å². The second-order valence-corrected chi connectivity index (χ2v) is 2.94. The van der Waals surface area contributed by atoms with Gasteiger partial charge in [0.2, 0.25) is 0 Å². The summed E-state index contributed by atoms with van der Waals surface area (Å²) in [5, 5.41) is -0.329. The minimum atomic E-state index is -0.376. The molecule has 4 nitrogen and oxygen atoms in total. The monoisotopic (exact) mass is 192 g/mol. The summed E-state index contributed by atoms with van der Waals surface area (Å²) >= 11 is 4.02. The lowest BCUT2D eigenvalue weighted by molar-refractivity contribution is -0.142. The van der Waals surface area contributed by atoms with Gasteiger partial charge in [0.15, 0.2) is 0 Å². The van der Waals surface area contributed by atoms with Crippen molar-refractivity contribution in [3.05, 3.63) is 0 Å². The highest BCUT2D eigenvalue weighted by Crippen LogP contribution is 2.07. The van der Waals surface area contributed by atoms with Crippen LogP contribution in [0.1, 0.15) is 12.8 Å². The normalized spacial score (nSPS) is 9.67. The second kappa shape index (κ2) is 5.88. The van der Waals surface area contributed by atoms with Crippen LogP contribution in [0.2, 0.25) is 0 Å². The highest BCUT2D eigenvalue weighted by Gasteiger charge is 2.14. The molecule has 0 rings (SSSR count). The third-order valence-electron chi connectivity index (χ3n) is 1.26. The number of carbonyl (C=O) groups is 2. The van der Waals surface area contributed by atoms with Gasteiger partial charge < -0.3 is 9.47 Å². The molecule has 0 aliphatic carbocycles. The SMILES string of the molecule is COC(=O)CC(S)CC(=O)OC. The van der Waals surface area contributed by atoms with Crippen LogP contribution in [-0.4, -0.2) is 31.4 Å². The number of ether oxygens (including phenoxy) is 2. The first-order valence-corrected chi connectivity index (χ1v) is 3.93. The zero-order valence-corrected chi connectivity index (χ0v) is 7.97. The highest BCUT2D eigenvalue weighted by molar-refractivity contribution is 7.81. The standard InChI is InChI=1S/C7H12O4S/c1-10-6(8)3-5(12)4-7(9)11-2/h5,12H,3-4H2,1-2H3. The molecule has 0 unspecified atom stereocenters. The van der Waals surface area contributed by atoms with Crippen molar-refractivity contribution in [2.75, 3.05) is 14.2 Å². The highest BCUT2D eigenvalue weighted by atomic mass is 32.1. The van der Waals surface area contributed by atoms with Crippen molar-refractivity contribution in [1.29, 1.82) is 0 Å². The molecule has 12 heavy (non-hydrogen) atoms. The first kappa shape index (κ1) is 11.3. The van der Waals surface area contributed by atoms with Crippen molar-refractivity contribution >= 4 is 24.6 Å². The van der Waals surface area contributed by atoms with Gasteiger partial charge in [-0.3, -0.25) is 9.59 Å². The Labute approximate surface area is 76.6 Å². The van der Waals surface area contributed by atoms with Crippen LogP contribution in [0.25, 0.3) is 0 Å². The minimum absolute atomic E-state index is 0.120. The molecule has 0 atom stereocenters. The average molecular weight is 192 g/mol. The predicted molar refractivity (Wildman–Crippen MR) is 46.0 cm³/mol. The molecule has 0 heterocycles. The summed E-state index contributed by atoms with van der Waals surface area (Å²) < 4.78 is 8.79. The maximum absolute atomic E-state index is 10.7. The lowest BCUT2D eigenvalue weighted by Gasteiger charge is -2.06. The molecule has 5 heteroatoms. The topological polar surface area (TPSA) is 52.6 Å². The molecule has 0 aliphatic heterocycles. The van der Waals surface area contributed by atoms with Crippen LogP contribution in [0, 0.1) is 0 Å². The van der Waals surface area contributed by atoms with Gasteiger partial charge in [0.25, 0.3) is 0 Å². The van der Waals surface area contributed by atoms with Gasteiger partial charge in [-0.1, -0.05) is 0 Å². The van der Waals surface area contributed by atoms with Crippen LogP contribution in [0.5, 0.6) is 0 Å². The van der Waals surface area contributed by atoms with Crippen molar-refractivity contribution < 1.29 is 19.1 Å². The molecule has 0 aromatic rings. The van der Waals surface area contributed by atoms with Gasteiger partial charge >= 0.3 is 11.9 Å². The lowest BCUT2D eigenvalue weighted by Crippen LogP contribution is -2.14. The smallest absolute Gasteiger partial charge is 0.306 e. The van der Waals surface area contributed by atoms with Gasteiger partial charge in [0, 0.05) is 5.25 Å². The van der Waals surface area contributed by atoms with Crippen LogP contribution >= 0.6 is 12.6 Å². The van der Waals surface area contributed by atoms with Crippen molar-refractivity contribution in [2.45, 2.75) is 18.1 Å². The molecule has 0 saturated carbocycles. The third kappa shape index (κ3) is 5.01. The fourth-order valence-corrected chi connectivity index (χ4v) is 0.922. The molecule has 0 amide bonds. The number of esters is 2. The van der Waals surface area contributed by atoms with Crippen LogP contribution in [0.4, 0.5) is 0 Å². The van der Waals surface area contributed by atoms with Crippen LogP contribution in [0.15, 0.2) is 0 Å². The van der Waals surface area contributed by atoms with E-state index in [4.69, 9.17) is 0 Å². The molecule has 70 valence electrons. The number of thiol groups is 1. The Hall–Kier alpha value is -0.710. The molecule has 0 N–H and O–H groups in total. The maximum Gasteiger partial charge on any atom is 0.306 e. The Kier molecular flexibility index (Phi) is 5.53.